The van der Waals surface area contributed by atoms with E-state index in [9.17, 15) is 8.42 Å². The van der Waals surface area contributed by atoms with Gasteiger partial charge in [-0.1, -0.05) is 11.6 Å². The zero-order valence-corrected chi connectivity index (χ0v) is 14.6. The molecule has 2 aromatic rings. The Bertz CT molecular complexity index is 844. The predicted molar refractivity (Wildman–Crippen MR) is 94.0 cm³/mol. The van der Waals surface area contributed by atoms with Crippen LogP contribution in [-0.2, 0) is 9.84 Å². The molecule has 0 saturated carbocycles. The van der Waals surface area contributed by atoms with Crippen LogP contribution in [0.4, 0.5) is 17.3 Å². The molecule has 2 heterocycles. The summed E-state index contributed by atoms with van der Waals surface area (Å²) in [5.74, 6) is 2.08. The Hall–Kier alpha value is -2.06. The quantitative estimate of drug-likeness (QED) is 0.837. The number of benzene rings is 1. The SMILES string of the molecule is COc1ccc(Cl)cc1Nc1cc(NC2CCS(=O)(=O)C2)ncn1. The Morgan fingerprint density at radius 2 is 2.04 bits per heavy atom. The van der Waals surface area contributed by atoms with Gasteiger partial charge in [0.2, 0.25) is 0 Å². The largest absolute Gasteiger partial charge is 0.495 e. The molecule has 1 fully saturated rings. The first kappa shape index (κ1) is 16.8. The molecule has 0 bridgehead atoms. The van der Waals surface area contributed by atoms with Gasteiger partial charge in [-0.15, -0.1) is 0 Å². The van der Waals surface area contributed by atoms with Crippen LogP contribution in [0.5, 0.6) is 5.75 Å². The van der Waals surface area contributed by atoms with Crippen molar-refractivity contribution in [3.8, 4) is 5.75 Å². The summed E-state index contributed by atoms with van der Waals surface area (Å²) in [5, 5.41) is 6.83. The molecule has 7 nitrogen and oxygen atoms in total. The summed E-state index contributed by atoms with van der Waals surface area (Å²) in [5.41, 5.74) is 0.679. The number of hydrogen-bond donors (Lipinski definition) is 2. The van der Waals surface area contributed by atoms with Crippen molar-refractivity contribution < 1.29 is 13.2 Å². The van der Waals surface area contributed by atoms with Crippen molar-refractivity contribution >= 4 is 38.8 Å². The minimum Gasteiger partial charge on any atom is -0.495 e. The second-order valence-corrected chi connectivity index (χ2v) is 8.17. The third kappa shape index (κ3) is 4.07. The summed E-state index contributed by atoms with van der Waals surface area (Å²) in [7, 11) is -1.37. The molecule has 1 saturated heterocycles. The van der Waals surface area contributed by atoms with Crippen molar-refractivity contribution in [2.24, 2.45) is 0 Å². The zero-order chi connectivity index (χ0) is 17.2. The van der Waals surface area contributed by atoms with E-state index < -0.39 is 9.84 Å². The number of sulfone groups is 1. The molecule has 1 aromatic carbocycles. The lowest BCUT2D eigenvalue weighted by Gasteiger charge is -2.14. The minimum atomic E-state index is -2.94. The lowest BCUT2D eigenvalue weighted by molar-refractivity contribution is 0.417. The molecule has 1 aliphatic heterocycles. The molecular weight excluding hydrogens is 352 g/mol. The average molecular weight is 369 g/mol. The molecule has 2 N–H and O–H groups in total. The molecule has 0 amide bonds. The van der Waals surface area contributed by atoms with Gasteiger partial charge in [-0.3, -0.25) is 0 Å². The van der Waals surface area contributed by atoms with E-state index in [0.717, 1.165) is 0 Å². The van der Waals surface area contributed by atoms with Gasteiger partial charge in [-0.25, -0.2) is 18.4 Å². The van der Waals surface area contributed by atoms with Crippen LogP contribution < -0.4 is 15.4 Å². The second-order valence-electron chi connectivity index (χ2n) is 5.50. The van der Waals surface area contributed by atoms with Gasteiger partial charge in [0, 0.05) is 17.1 Å². The highest BCUT2D eigenvalue weighted by molar-refractivity contribution is 7.91. The maximum Gasteiger partial charge on any atom is 0.152 e. The Labute approximate surface area is 145 Å². The Morgan fingerprint density at radius 1 is 1.25 bits per heavy atom. The standard InChI is InChI=1S/C15H17ClN4O3S/c1-23-13-3-2-10(16)6-12(13)20-15-7-14(17-9-18-15)19-11-4-5-24(21,22)8-11/h2-3,6-7,9,11H,4-5,8H2,1H3,(H2,17,18,19,20). The second kappa shape index (κ2) is 6.82. The Balaban J connectivity index is 1.75. The summed E-state index contributed by atoms with van der Waals surface area (Å²) in [4.78, 5) is 8.30. The van der Waals surface area contributed by atoms with E-state index in [-0.39, 0.29) is 17.5 Å². The summed E-state index contributed by atoms with van der Waals surface area (Å²) >= 11 is 6.01. The summed E-state index contributed by atoms with van der Waals surface area (Å²) in [6, 6.07) is 6.82. The Morgan fingerprint density at radius 3 is 2.75 bits per heavy atom. The molecule has 3 rings (SSSR count). The lowest BCUT2D eigenvalue weighted by Crippen LogP contribution is -2.21. The van der Waals surface area contributed by atoms with Gasteiger partial charge in [0.05, 0.1) is 24.3 Å². The molecule has 0 spiro atoms. The number of aromatic nitrogens is 2. The van der Waals surface area contributed by atoms with Gasteiger partial charge in [-0.2, -0.15) is 0 Å². The van der Waals surface area contributed by atoms with Crippen molar-refractivity contribution in [1.29, 1.82) is 0 Å². The maximum atomic E-state index is 11.5. The van der Waals surface area contributed by atoms with E-state index in [1.807, 2.05) is 0 Å². The molecule has 1 unspecified atom stereocenters. The summed E-state index contributed by atoms with van der Waals surface area (Å²) < 4.78 is 28.3. The first-order chi connectivity index (χ1) is 11.4. The monoisotopic (exact) mass is 368 g/mol. The fraction of sp³-hybridized carbons (Fsp3) is 0.333. The van der Waals surface area contributed by atoms with Gasteiger partial charge in [0.1, 0.15) is 23.7 Å². The lowest BCUT2D eigenvalue weighted by atomic mass is 10.2. The number of ether oxygens (including phenoxy) is 1. The normalized spacial score (nSPS) is 19.0. The van der Waals surface area contributed by atoms with Crippen molar-refractivity contribution in [2.45, 2.75) is 12.5 Å². The van der Waals surface area contributed by atoms with Crippen LogP contribution in [0.15, 0.2) is 30.6 Å². The Kier molecular flexibility index (Phi) is 4.77. The fourth-order valence-corrected chi connectivity index (χ4v) is 4.38. The van der Waals surface area contributed by atoms with E-state index in [1.165, 1.54) is 6.33 Å². The van der Waals surface area contributed by atoms with Crippen molar-refractivity contribution in [2.75, 3.05) is 29.2 Å². The highest BCUT2D eigenvalue weighted by Gasteiger charge is 2.27. The van der Waals surface area contributed by atoms with E-state index in [2.05, 4.69) is 20.6 Å². The number of methoxy groups -OCH3 is 1. The van der Waals surface area contributed by atoms with Crippen LogP contribution >= 0.6 is 11.6 Å². The van der Waals surface area contributed by atoms with Crippen LogP contribution in [0.1, 0.15) is 6.42 Å². The average Bonchev–Trinajstić information content (AvgIpc) is 2.87. The van der Waals surface area contributed by atoms with E-state index in [0.29, 0.717) is 34.5 Å². The predicted octanol–water partition coefficient (Wildman–Crippen LogP) is 2.48. The van der Waals surface area contributed by atoms with Gasteiger partial charge in [0.15, 0.2) is 9.84 Å². The molecule has 1 aliphatic rings. The smallest absolute Gasteiger partial charge is 0.152 e. The third-order valence-electron chi connectivity index (χ3n) is 3.68. The number of nitrogens with one attached hydrogen (secondary N) is 2. The summed E-state index contributed by atoms with van der Waals surface area (Å²) in [6.45, 7) is 0. The van der Waals surface area contributed by atoms with E-state index in [4.69, 9.17) is 16.3 Å². The van der Waals surface area contributed by atoms with Crippen LogP contribution in [0, 0.1) is 0 Å². The highest BCUT2D eigenvalue weighted by atomic mass is 35.5. The first-order valence-electron chi connectivity index (χ1n) is 7.35. The first-order valence-corrected chi connectivity index (χ1v) is 9.55. The summed E-state index contributed by atoms with van der Waals surface area (Å²) in [6.07, 6.45) is 1.99. The molecule has 1 atom stereocenters. The molecule has 128 valence electrons. The number of anilines is 3. The zero-order valence-electron chi connectivity index (χ0n) is 13.0. The molecule has 0 aliphatic carbocycles. The van der Waals surface area contributed by atoms with Gasteiger partial charge in [-0.05, 0) is 24.6 Å². The van der Waals surface area contributed by atoms with Crippen LogP contribution in [0.25, 0.3) is 0 Å². The van der Waals surface area contributed by atoms with E-state index >= 15 is 0 Å². The van der Waals surface area contributed by atoms with Crippen LogP contribution in [-0.4, -0.2) is 43.0 Å². The van der Waals surface area contributed by atoms with Crippen molar-refractivity contribution in [1.82, 2.24) is 9.97 Å². The van der Waals surface area contributed by atoms with Crippen LogP contribution in [0.3, 0.4) is 0 Å². The fourth-order valence-electron chi connectivity index (χ4n) is 2.54. The van der Waals surface area contributed by atoms with Crippen molar-refractivity contribution in [3.63, 3.8) is 0 Å². The molecule has 9 heteroatoms. The van der Waals surface area contributed by atoms with Gasteiger partial charge >= 0.3 is 0 Å². The molecule has 0 radical (unpaired) electrons. The topological polar surface area (TPSA) is 93.2 Å². The van der Waals surface area contributed by atoms with E-state index in [1.54, 1.807) is 31.4 Å². The van der Waals surface area contributed by atoms with Gasteiger partial charge < -0.3 is 15.4 Å². The molecular formula is C15H17ClN4O3S. The number of halogens is 1. The number of rotatable bonds is 5. The van der Waals surface area contributed by atoms with Crippen LogP contribution in [0.2, 0.25) is 5.02 Å². The minimum absolute atomic E-state index is 0.126. The highest BCUT2D eigenvalue weighted by Crippen LogP contribution is 2.30. The van der Waals surface area contributed by atoms with Crippen molar-refractivity contribution in [3.05, 3.63) is 35.6 Å². The molecule has 24 heavy (non-hydrogen) atoms. The van der Waals surface area contributed by atoms with Gasteiger partial charge in [0.25, 0.3) is 0 Å². The molecule has 1 aromatic heterocycles. The number of hydrogen-bond acceptors (Lipinski definition) is 7. The number of nitrogens with zero attached hydrogens (tertiary/aromatic N) is 2. The maximum absolute atomic E-state index is 11.5. The third-order valence-corrected chi connectivity index (χ3v) is 5.68.